The maximum Gasteiger partial charge on any atom is 0.127 e. The zero-order chi connectivity index (χ0) is 35.7. The molecule has 0 atom stereocenters. The number of benzene rings is 8. The molecule has 0 fully saturated rings. The molecule has 4 heteroatoms. The van der Waals surface area contributed by atoms with Crippen molar-refractivity contribution in [2.75, 3.05) is 37.3 Å². The number of nitrogens with zero attached hydrogens (tertiary/aromatic N) is 2. The van der Waals surface area contributed by atoms with E-state index in [4.69, 9.17) is 9.47 Å². The summed E-state index contributed by atoms with van der Waals surface area (Å²) < 4.78 is 11.5. The van der Waals surface area contributed by atoms with Gasteiger partial charge in [0.15, 0.2) is 0 Å². The Morgan fingerprint density at radius 3 is 1.75 bits per heavy atom. The highest BCUT2D eigenvalue weighted by Gasteiger charge is 2.32. The molecular weight excluding hydrogens is 649 g/mol. The second-order valence-corrected chi connectivity index (χ2v) is 13.5. The van der Waals surface area contributed by atoms with Crippen molar-refractivity contribution < 1.29 is 9.47 Å². The van der Waals surface area contributed by atoms with E-state index in [2.05, 4.69) is 180 Å². The van der Waals surface area contributed by atoms with Gasteiger partial charge in [-0.25, -0.2) is 0 Å². The van der Waals surface area contributed by atoms with Crippen molar-refractivity contribution >= 4 is 61.1 Å². The number of para-hydroxylation sites is 2. The number of anilines is 4. The molecule has 1 aliphatic rings. The average molecular weight is 689 g/mol. The van der Waals surface area contributed by atoms with Gasteiger partial charge in [-0.3, -0.25) is 0 Å². The van der Waals surface area contributed by atoms with Gasteiger partial charge in [0.2, 0.25) is 0 Å². The first-order valence-corrected chi connectivity index (χ1v) is 18.2. The second kappa shape index (κ2) is 14.0. The second-order valence-electron chi connectivity index (χ2n) is 13.5. The SMILES string of the molecule is COC/C=C\c1ccccc1Cc1c(N2CN(c3ccc4ccccc4c3-c3c(OC)ccc4ccccc34)c3ccccc32)ccc2ccccc12. The smallest absolute Gasteiger partial charge is 0.127 e. The van der Waals surface area contributed by atoms with Crippen LogP contribution in [-0.2, 0) is 11.2 Å². The lowest BCUT2D eigenvalue weighted by Crippen LogP contribution is -2.25. The minimum absolute atomic E-state index is 0.579. The van der Waals surface area contributed by atoms with Crippen molar-refractivity contribution in [1.29, 1.82) is 0 Å². The number of ether oxygens (including phenoxy) is 2. The Bertz CT molecular complexity index is 2660. The molecule has 0 aliphatic carbocycles. The summed E-state index contributed by atoms with van der Waals surface area (Å²) in [5, 5.41) is 7.25. The van der Waals surface area contributed by atoms with Crippen LogP contribution in [-0.4, -0.2) is 27.5 Å². The first-order chi connectivity index (χ1) is 26.2. The molecule has 0 bridgehead atoms. The summed E-state index contributed by atoms with van der Waals surface area (Å²) in [6, 6.07) is 57.0. The Morgan fingerprint density at radius 1 is 0.509 bits per heavy atom. The highest BCUT2D eigenvalue weighted by molar-refractivity contribution is 6.13. The quantitative estimate of drug-likeness (QED) is 0.151. The predicted octanol–water partition coefficient (Wildman–Crippen LogP) is 12.3. The first kappa shape index (κ1) is 32.5. The summed E-state index contributed by atoms with van der Waals surface area (Å²) in [5.41, 5.74) is 10.8. The molecule has 1 heterocycles. The van der Waals surface area contributed by atoms with Crippen LogP contribution in [0.1, 0.15) is 16.7 Å². The average Bonchev–Trinajstić information content (AvgIpc) is 3.60. The minimum Gasteiger partial charge on any atom is -0.496 e. The van der Waals surface area contributed by atoms with Crippen LogP contribution in [0.15, 0.2) is 164 Å². The van der Waals surface area contributed by atoms with Crippen LogP contribution in [0.4, 0.5) is 22.7 Å². The summed E-state index contributed by atoms with van der Waals surface area (Å²) in [7, 11) is 3.51. The lowest BCUT2D eigenvalue weighted by molar-refractivity contribution is 0.234. The largest absolute Gasteiger partial charge is 0.496 e. The van der Waals surface area contributed by atoms with E-state index in [0.717, 1.165) is 23.4 Å². The van der Waals surface area contributed by atoms with Crippen molar-refractivity contribution in [1.82, 2.24) is 0 Å². The number of hydrogen-bond donors (Lipinski definition) is 0. The van der Waals surface area contributed by atoms with Gasteiger partial charge < -0.3 is 19.3 Å². The molecule has 0 N–H and O–H groups in total. The molecular formula is C49H40N2O2. The van der Waals surface area contributed by atoms with E-state index in [-0.39, 0.29) is 0 Å². The van der Waals surface area contributed by atoms with Crippen molar-refractivity contribution in [2.45, 2.75) is 6.42 Å². The van der Waals surface area contributed by atoms with Crippen molar-refractivity contribution in [2.24, 2.45) is 0 Å². The Morgan fingerprint density at radius 2 is 1.06 bits per heavy atom. The van der Waals surface area contributed by atoms with Gasteiger partial charge in [0.1, 0.15) is 12.4 Å². The van der Waals surface area contributed by atoms with Gasteiger partial charge in [-0.15, -0.1) is 0 Å². The van der Waals surface area contributed by atoms with E-state index in [9.17, 15) is 0 Å². The van der Waals surface area contributed by atoms with Gasteiger partial charge in [0.05, 0.1) is 30.8 Å². The van der Waals surface area contributed by atoms with Gasteiger partial charge in [-0.05, 0) is 79.3 Å². The van der Waals surface area contributed by atoms with Crippen molar-refractivity contribution in [3.05, 3.63) is 180 Å². The van der Waals surface area contributed by atoms with Crippen LogP contribution in [0, 0.1) is 0 Å². The minimum atomic E-state index is 0.579. The van der Waals surface area contributed by atoms with Crippen LogP contribution < -0.4 is 14.5 Å². The van der Waals surface area contributed by atoms with Crippen LogP contribution in [0.25, 0.3) is 49.5 Å². The summed E-state index contributed by atoms with van der Waals surface area (Å²) in [4.78, 5) is 4.98. The van der Waals surface area contributed by atoms with Gasteiger partial charge in [-0.2, -0.15) is 0 Å². The van der Waals surface area contributed by atoms with Gasteiger partial charge in [0, 0.05) is 30.3 Å². The van der Waals surface area contributed by atoms with Gasteiger partial charge in [-0.1, -0.05) is 140 Å². The zero-order valence-electron chi connectivity index (χ0n) is 30.0. The monoisotopic (exact) mass is 688 g/mol. The number of hydrogen-bond acceptors (Lipinski definition) is 4. The summed E-state index contributed by atoms with van der Waals surface area (Å²) in [6.07, 6.45) is 5.06. The van der Waals surface area contributed by atoms with Crippen LogP contribution in [0.2, 0.25) is 0 Å². The van der Waals surface area contributed by atoms with E-state index < -0.39 is 0 Å². The molecule has 8 aromatic rings. The Labute approximate surface area is 310 Å². The fourth-order valence-corrected chi connectivity index (χ4v) is 8.14. The molecule has 0 saturated heterocycles. The fourth-order valence-electron chi connectivity index (χ4n) is 8.14. The van der Waals surface area contributed by atoms with Crippen LogP contribution in [0.5, 0.6) is 5.75 Å². The molecule has 0 aromatic heterocycles. The Kier molecular flexibility index (Phi) is 8.59. The predicted molar refractivity (Wildman–Crippen MR) is 223 cm³/mol. The molecule has 53 heavy (non-hydrogen) atoms. The molecule has 0 saturated carbocycles. The molecule has 1 aliphatic heterocycles. The maximum atomic E-state index is 6.15. The topological polar surface area (TPSA) is 24.9 Å². The molecule has 0 radical (unpaired) electrons. The van der Waals surface area contributed by atoms with E-state index in [1.54, 1.807) is 14.2 Å². The van der Waals surface area contributed by atoms with Crippen LogP contribution >= 0.6 is 0 Å². The van der Waals surface area contributed by atoms with Crippen LogP contribution in [0.3, 0.4) is 0 Å². The number of rotatable bonds is 9. The van der Waals surface area contributed by atoms with Crippen molar-refractivity contribution in [3.8, 4) is 16.9 Å². The van der Waals surface area contributed by atoms with E-state index in [1.165, 1.54) is 71.6 Å². The summed E-state index contributed by atoms with van der Waals surface area (Å²) in [5.74, 6) is 0.862. The lowest BCUT2D eigenvalue weighted by Gasteiger charge is -2.28. The van der Waals surface area contributed by atoms with Gasteiger partial charge in [0.25, 0.3) is 0 Å². The number of fused-ring (bicyclic) bond motifs is 4. The third kappa shape index (κ3) is 5.78. The van der Waals surface area contributed by atoms with E-state index >= 15 is 0 Å². The molecule has 0 unspecified atom stereocenters. The molecule has 0 spiro atoms. The Balaban J connectivity index is 1.24. The third-order valence-corrected chi connectivity index (χ3v) is 10.6. The van der Waals surface area contributed by atoms with E-state index in [0.29, 0.717) is 13.3 Å². The molecule has 8 aromatic carbocycles. The standard InChI is InChI=1S/C49H40N2O2/c1-52-31-13-19-34-14-3-4-18-38(34)32-42-39-20-8-5-15-35(39)25-28-43(42)50-33-51(45-24-12-11-23-44(45)50)46-29-26-36-16-6-9-21-40(36)48(46)49-41-22-10-7-17-37(41)27-30-47(49)53-2/h3-30H,31-33H2,1-2H3/b19-13-. The first-order valence-electron chi connectivity index (χ1n) is 18.2. The maximum absolute atomic E-state index is 6.15. The molecule has 258 valence electrons. The number of methoxy groups -OCH3 is 2. The zero-order valence-corrected chi connectivity index (χ0v) is 30.0. The van der Waals surface area contributed by atoms with Gasteiger partial charge >= 0.3 is 0 Å². The molecule has 4 nitrogen and oxygen atoms in total. The van der Waals surface area contributed by atoms with Crippen molar-refractivity contribution in [3.63, 3.8) is 0 Å². The normalized spacial score (nSPS) is 12.7. The molecule has 0 amide bonds. The highest BCUT2D eigenvalue weighted by atomic mass is 16.5. The summed E-state index contributed by atoms with van der Waals surface area (Å²) in [6.45, 7) is 1.23. The lowest BCUT2D eigenvalue weighted by atomic mass is 9.91. The Hall–Kier alpha value is -6.36. The third-order valence-electron chi connectivity index (χ3n) is 10.6. The summed E-state index contributed by atoms with van der Waals surface area (Å²) >= 11 is 0. The highest BCUT2D eigenvalue weighted by Crippen LogP contribution is 2.52. The van der Waals surface area contributed by atoms with E-state index in [1.807, 2.05) is 0 Å². The fraction of sp³-hybridized carbons (Fsp3) is 0.102. The molecule has 9 rings (SSSR count).